The van der Waals surface area contributed by atoms with E-state index < -0.39 is 12.1 Å². The molecule has 0 saturated carbocycles. The monoisotopic (exact) mass is 503 g/mol. The van der Waals surface area contributed by atoms with E-state index in [1.807, 2.05) is 40.6 Å². The maximum absolute atomic E-state index is 13.0. The molecule has 192 valence electrons. The number of alkyl halides is 3. The van der Waals surface area contributed by atoms with Crippen LogP contribution in [0.1, 0.15) is 53.3 Å². The van der Waals surface area contributed by atoms with E-state index in [-0.39, 0.29) is 11.8 Å². The molecule has 0 spiro atoms. The van der Waals surface area contributed by atoms with Crippen LogP contribution in [0, 0.1) is 6.92 Å². The van der Waals surface area contributed by atoms with Gasteiger partial charge in [-0.15, -0.1) is 0 Å². The highest BCUT2D eigenvalue weighted by molar-refractivity contribution is 5.95. The summed E-state index contributed by atoms with van der Waals surface area (Å²) in [4.78, 5) is 31.1. The molecule has 1 aromatic carbocycles. The molecule has 0 radical (unpaired) electrons. The standard InChI is InChI=1S/C23H27N5O.C2HF3O2/c1-17-7-2-3-9-20(17)23(29)27-14-6-8-18(15-27)22-24-21-11-10-19(16-28(21)25-22)26-12-4-5-13-26;3-2(4,5)1(6)7/h2-3,7,9-11,16,18H,4-6,8,12-15H2,1H3;(H,6,7). The number of likely N-dealkylation sites (tertiary alicyclic amines) is 1. The van der Waals surface area contributed by atoms with Gasteiger partial charge in [0.05, 0.1) is 11.9 Å². The summed E-state index contributed by atoms with van der Waals surface area (Å²) in [6.45, 7) is 5.72. The van der Waals surface area contributed by atoms with Crippen molar-refractivity contribution in [3.05, 3.63) is 59.5 Å². The number of benzene rings is 1. The lowest BCUT2D eigenvalue weighted by molar-refractivity contribution is -0.192. The summed E-state index contributed by atoms with van der Waals surface area (Å²) >= 11 is 0. The van der Waals surface area contributed by atoms with Crippen LogP contribution in [0.5, 0.6) is 0 Å². The van der Waals surface area contributed by atoms with Gasteiger partial charge in [-0.2, -0.15) is 18.3 Å². The molecular formula is C25H28F3N5O3. The maximum atomic E-state index is 13.0. The fourth-order valence-corrected chi connectivity index (χ4v) is 4.58. The maximum Gasteiger partial charge on any atom is 0.490 e. The van der Waals surface area contributed by atoms with Crippen molar-refractivity contribution in [3.8, 4) is 0 Å². The van der Waals surface area contributed by atoms with Gasteiger partial charge in [-0.3, -0.25) is 4.79 Å². The Hall–Kier alpha value is -3.63. The first-order valence-corrected chi connectivity index (χ1v) is 11.9. The number of carbonyl (C=O) groups excluding carboxylic acids is 1. The van der Waals surface area contributed by atoms with Gasteiger partial charge in [-0.25, -0.2) is 14.3 Å². The van der Waals surface area contributed by atoms with Gasteiger partial charge in [0, 0.05) is 37.7 Å². The van der Waals surface area contributed by atoms with Gasteiger partial charge >= 0.3 is 12.1 Å². The third kappa shape index (κ3) is 5.77. The number of carboxylic acid groups (broad SMARTS) is 1. The average molecular weight is 504 g/mol. The molecule has 1 N–H and O–H groups in total. The van der Waals surface area contributed by atoms with Crippen molar-refractivity contribution in [3.63, 3.8) is 0 Å². The van der Waals surface area contributed by atoms with Crippen molar-refractivity contribution < 1.29 is 27.9 Å². The highest BCUT2D eigenvalue weighted by Gasteiger charge is 2.38. The molecule has 11 heteroatoms. The molecule has 2 aliphatic rings. The molecular weight excluding hydrogens is 475 g/mol. The fourth-order valence-electron chi connectivity index (χ4n) is 4.58. The Morgan fingerprint density at radius 2 is 1.72 bits per heavy atom. The quantitative estimate of drug-likeness (QED) is 0.574. The largest absolute Gasteiger partial charge is 0.490 e. The van der Waals surface area contributed by atoms with Crippen LogP contribution in [0.25, 0.3) is 5.65 Å². The highest BCUT2D eigenvalue weighted by atomic mass is 19.4. The second-order valence-electron chi connectivity index (χ2n) is 9.06. The van der Waals surface area contributed by atoms with E-state index in [0.29, 0.717) is 6.54 Å². The first-order valence-electron chi connectivity index (χ1n) is 11.9. The number of hydrogen-bond donors (Lipinski definition) is 1. The molecule has 4 heterocycles. The van der Waals surface area contributed by atoms with Gasteiger partial charge in [0.15, 0.2) is 11.5 Å². The van der Waals surface area contributed by atoms with Crippen LogP contribution in [0.4, 0.5) is 18.9 Å². The summed E-state index contributed by atoms with van der Waals surface area (Å²) in [5.74, 6) is -1.60. The molecule has 8 nitrogen and oxygen atoms in total. The predicted octanol–water partition coefficient (Wildman–Crippen LogP) is 4.29. The number of nitrogens with zero attached hydrogens (tertiary/aromatic N) is 5. The molecule has 1 unspecified atom stereocenters. The van der Waals surface area contributed by atoms with Gasteiger partial charge < -0.3 is 14.9 Å². The number of pyridine rings is 1. The first kappa shape index (κ1) is 25.5. The van der Waals surface area contributed by atoms with E-state index in [4.69, 9.17) is 20.0 Å². The number of anilines is 1. The zero-order valence-electron chi connectivity index (χ0n) is 19.9. The number of carbonyl (C=O) groups is 2. The van der Waals surface area contributed by atoms with Crippen molar-refractivity contribution in [1.82, 2.24) is 19.5 Å². The van der Waals surface area contributed by atoms with Crippen LogP contribution in [0.15, 0.2) is 42.6 Å². The summed E-state index contributed by atoms with van der Waals surface area (Å²) in [5.41, 5.74) is 3.92. The average Bonchev–Trinajstić information content (AvgIpc) is 3.54. The van der Waals surface area contributed by atoms with Crippen molar-refractivity contribution in [1.29, 1.82) is 0 Å². The van der Waals surface area contributed by atoms with Gasteiger partial charge in [0.1, 0.15) is 0 Å². The number of aryl methyl sites for hydroxylation is 1. The molecule has 0 bridgehead atoms. The minimum absolute atomic E-state index is 0.118. The number of halogens is 3. The van der Waals surface area contributed by atoms with Crippen LogP contribution < -0.4 is 4.90 Å². The smallest absolute Gasteiger partial charge is 0.475 e. The summed E-state index contributed by atoms with van der Waals surface area (Å²) in [6, 6.07) is 12.0. The summed E-state index contributed by atoms with van der Waals surface area (Å²) in [7, 11) is 0. The van der Waals surface area contributed by atoms with Gasteiger partial charge in [0.25, 0.3) is 5.91 Å². The Balaban J connectivity index is 0.000000384. The van der Waals surface area contributed by atoms with Crippen LogP contribution >= 0.6 is 0 Å². The lowest BCUT2D eigenvalue weighted by atomic mass is 9.96. The molecule has 0 aliphatic carbocycles. The number of carboxylic acids is 1. The molecule has 1 amide bonds. The Kier molecular flexibility index (Phi) is 7.46. The summed E-state index contributed by atoms with van der Waals surface area (Å²) < 4.78 is 33.6. The van der Waals surface area contributed by atoms with E-state index >= 15 is 0 Å². The Morgan fingerprint density at radius 1 is 1.03 bits per heavy atom. The minimum atomic E-state index is -5.08. The highest BCUT2D eigenvalue weighted by Crippen LogP contribution is 2.27. The molecule has 2 aromatic heterocycles. The second kappa shape index (κ2) is 10.5. The molecule has 5 rings (SSSR count). The number of piperidine rings is 1. The third-order valence-electron chi connectivity index (χ3n) is 6.49. The van der Waals surface area contributed by atoms with Crippen LogP contribution in [-0.2, 0) is 4.79 Å². The molecule has 2 fully saturated rings. The molecule has 36 heavy (non-hydrogen) atoms. The number of aromatic nitrogens is 3. The van der Waals surface area contributed by atoms with Crippen LogP contribution in [0.3, 0.4) is 0 Å². The van der Waals surface area contributed by atoms with Crippen molar-refractivity contribution >= 4 is 23.2 Å². The van der Waals surface area contributed by atoms with E-state index in [9.17, 15) is 18.0 Å². The first-order chi connectivity index (χ1) is 17.1. The van der Waals surface area contributed by atoms with Gasteiger partial charge in [-0.05, 0) is 56.4 Å². The third-order valence-corrected chi connectivity index (χ3v) is 6.49. The summed E-state index contributed by atoms with van der Waals surface area (Å²) in [5, 5.41) is 11.9. The molecule has 3 aromatic rings. The summed E-state index contributed by atoms with van der Waals surface area (Å²) in [6.07, 6.45) is 1.53. The van der Waals surface area contributed by atoms with Gasteiger partial charge in [-0.1, -0.05) is 18.2 Å². The minimum Gasteiger partial charge on any atom is -0.475 e. The lowest BCUT2D eigenvalue weighted by Crippen LogP contribution is -2.39. The Morgan fingerprint density at radius 3 is 2.39 bits per heavy atom. The fraction of sp³-hybridized carbons (Fsp3) is 0.440. The lowest BCUT2D eigenvalue weighted by Gasteiger charge is -2.31. The number of fused-ring (bicyclic) bond motifs is 1. The molecule has 2 aliphatic heterocycles. The Bertz CT molecular complexity index is 1240. The molecule has 2 saturated heterocycles. The predicted molar refractivity (Wildman–Crippen MR) is 127 cm³/mol. The number of hydrogen-bond acceptors (Lipinski definition) is 5. The van der Waals surface area contributed by atoms with E-state index in [2.05, 4.69) is 23.2 Å². The van der Waals surface area contributed by atoms with Gasteiger partial charge in [0.2, 0.25) is 0 Å². The van der Waals surface area contributed by atoms with Crippen molar-refractivity contribution in [2.45, 2.75) is 44.7 Å². The van der Waals surface area contributed by atoms with Crippen molar-refractivity contribution in [2.75, 3.05) is 31.1 Å². The van der Waals surface area contributed by atoms with E-state index in [0.717, 1.165) is 55.1 Å². The van der Waals surface area contributed by atoms with Crippen molar-refractivity contribution in [2.24, 2.45) is 0 Å². The zero-order valence-corrected chi connectivity index (χ0v) is 19.9. The number of aliphatic carboxylic acids is 1. The SMILES string of the molecule is Cc1ccccc1C(=O)N1CCCC(c2nc3ccc(N4CCCC4)cn3n2)C1.O=C(O)C(F)(F)F. The van der Waals surface area contributed by atoms with E-state index in [1.165, 1.54) is 18.5 Å². The topological polar surface area (TPSA) is 91.0 Å². The van der Waals surface area contributed by atoms with Crippen LogP contribution in [-0.4, -0.2) is 68.8 Å². The second-order valence-corrected chi connectivity index (χ2v) is 9.06. The van der Waals surface area contributed by atoms with Crippen LogP contribution in [0.2, 0.25) is 0 Å². The Labute approximate surface area is 206 Å². The normalized spacial score (nSPS) is 18.2. The zero-order chi connectivity index (χ0) is 25.9. The number of amides is 1. The number of rotatable bonds is 3. The molecule has 1 atom stereocenters. The van der Waals surface area contributed by atoms with E-state index in [1.54, 1.807) is 0 Å².